The van der Waals surface area contributed by atoms with Crippen LogP contribution in [0.15, 0.2) is 126 Å². The van der Waals surface area contributed by atoms with E-state index in [4.69, 9.17) is 14.1 Å². The standard InChI is InChI=1S/C31H20N2O2/c1-2-10-25(11-3-1)34-26-18-16-22(17-19-26)29-30(24-15-14-21-8-4-5-9-23(21)20-24)33-27-12-6-7-13-28(27)35-31(33)32-29/h1-20H. The topological polar surface area (TPSA) is 39.7 Å². The first-order valence-corrected chi connectivity index (χ1v) is 11.6. The largest absolute Gasteiger partial charge is 0.457 e. The van der Waals surface area contributed by atoms with Crippen LogP contribution in [0.4, 0.5) is 0 Å². The summed E-state index contributed by atoms with van der Waals surface area (Å²) in [7, 11) is 0. The molecule has 4 nitrogen and oxygen atoms in total. The Kier molecular flexibility index (Phi) is 4.42. The highest BCUT2D eigenvalue weighted by Crippen LogP contribution is 2.38. The molecule has 0 atom stereocenters. The minimum absolute atomic E-state index is 0.578. The lowest BCUT2D eigenvalue weighted by atomic mass is 10.0. The van der Waals surface area contributed by atoms with Crippen molar-refractivity contribution in [3.8, 4) is 34.0 Å². The van der Waals surface area contributed by atoms with Crippen LogP contribution in [0.3, 0.4) is 0 Å². The Balaban J connectivity index is 1.41. The van der Waals surface area contributed by atoms with Crippen LogP contribution < -0.4 is 4.74 Å². The van der Waals surface area contributed by atoms with Crippen molar-refractivity contribution < 1.29 is 9.15 Å². The van der Waals surface area contributed by atoms with E-state index in [0.717, 1.165) is 45.1 Å². The summed E-state index contributed by atoms with van der Waals surface area (Å²) in [5.74, 6) is 2.16. The van der Waals surface area contributed by atoms with Gasteiger partial charge in [0.25, 0.3) is 0 Å². The van der Waals surface area contributed by atoms with E-state index >= 15 is 0 Å². The second kappa shape index (κ2) is 7.89. The fourth-order valence-corrected chi connectivity index (χ4v) is 4.63. The molecule has 0 aliphatic rings. The number of oxazole rings is 1. The van der Waals surface area contributed by atoms with Crippen LogP contribution in [0.1, 0.15) is 0 Å². The van der Waals surface area contributed by atoms with Crippen molar-refractivity contribution in [2.75, 3.05) is 0 Å². The molecule has 0 bridgehead atoms. The molecule has 7 rings (SSSR count). The molecule has 0 saturated carbocycles. The van der Waals surface area contributed by atoms with Gasteiger partial charge in [-0.15, -0.1) is 0 Å². The number of hydrogen-bond donors (Lipinski definition) is 0. The third kappa shape index (κ3) is 3.35. The Labute approximate surface area is 201 Å². The fourth-order valence-electron chi connectivity index (χ4n) is 4.63. The molecule has 0 N–H and O–H groups in total. The third-order valence-electron chi connectivity index (χ3n) is 6.28. The van der Waals surface area contributed by atoms with Crippen LogP contribution in [0.5, 0.6) is 11.5 Å². The molecule has 4 heteroatoms. The molecule has 0 saturated heterocycles. The van der Waals surface area contributed by atoms with Gasteiger partial charge in [0, 0.05) is 11.1 Å². The van der Waals surface area contributed by atoms with E-state index in [2.05, 4.69) is 52.9 Å². The first-order valence-electron chi connectivity index (χ1n) is 11.6. The molecule has 2 heterocycles. The smallest absolute Gasteiger partial charge is 0.307 e. The number of hydrogen-bond acceptors (Lipinski definition) is 3. The normalized spacial score (nSPS) is 11.4. The quantitative estimate of drug-likeness (QED) is 0.269. The Bertz CT molecular complexity index is 1810. The van der Waals surface area contributed by atoms with Crippen molar-refractivity contribution >= 4 is 27.7 Å². The van der Waals surface area contributed by atoms with Crippen LogP contribution in [0.25, 0.3) is 50.2 Å². The lowest BCUT2D eigenvalue weighted by molar-refractivity contribution is 0.483. The summed E-state index contributed by atoms with van der Waals surface area (Å²) in [6, 6.07) is 40.8. The van der Waals surface area contributed by atoms with Crippen molar-refractivity contribution in [2.45, 2.75) is 0 Å². The highest BCUT2D eigenvalue weighted by atomic mass is 16.5. The first kappa shape index (κ1) is 19.6. The maximum absolute atomic E-state index is 6.13. The zero-order valence-corrected chi connectivity index (χ0v) is 18.8. The van der Waals surface area contributed by atoms with Gasteiger partial charge >= 0.3 is 5.84 Å². The molecule has 0 spiro atoms. The predicted octanol–water partition coefficient (Wildman–Crippen LogP) is 8.36. The highest BCUT2D eigenvalue weighted by molar-refractivity contribution is 5.92. The minimum Gasteiger partial charge on any atom is -0.457 e. The molecule has 0 aliphatic heterocycles. The first-order chi connectivity index (χ1) is 17.3. The number of rotatable bonds is 4. The molecular weight excluding hydrogens is 432 g/mol. The molecule has 0 unspecified atom stereocenters. The Hall–Kier alpha value is -4.83. The molecular formula is C31H20N2O2. The van der Waals surface area contributed by atoms with E-state index < -0.39 is 0 Å². The minimum atomic E-state index is 0.578. The van der Waals surface area contributed by atoms with Gasteiger partial charge in [-0.2, -0.15) is 4.98 Å². The molecule has 35 heavy (non-hydrogen) atoms. The van der Waals surface area contributed by atoms with Crippen molar-refractivity contribution in [1.29, 1.82) is 0 Å². The van der Waals surface area contributed by atoms with E-state index in [1.165, 1.54) is 10.8 Å². The van der Waals surface area contributed by atoms with Gasteiger partial charge in [-0.05, 0) is 65.4 Å². The summed E-state index contributed by atoms with van der Waals surface area (Å²) >= 11 is 0. The maximum atomic E-state index is 6.13. The van der Waals surface area contributed by atoms with Gasteiger partial charge in [0.15, 0.2) is 5.58 Å². The van der Waals surface area contributed by atoms with E-state index in [0.29, 0.717) is 5.84 Å². The molecule has 0 fully saturated rings. The Morgan fingerprint density at radius 3 is 2.14 bits per heavy atom. The van der Waals surface area contributed by atoms with Crippen molar-refractivity contribution in [3.05, 3.63) is 121 Å². The second-order valence-corrected chi connectivity index (χ2v) is 8.50. The van der Waals surface area contributed by atoms with Gasteiger partial charge in [-0.1, -0.05) is 66.7 Å². The maximum Gasteiger partial charge on any atom is 0.307 e. The zero-order chi connectivity index (χ0) is 23.2. The number of ether oxygens (including phenoxy) is 1. The number of imidazole rings is 1. The molecule has 0 amide bonds. The monoisotopic (exact) mass is 452 g/mol. The van der Waals surface area contributed by atoms with Crippen molar-refractivity contribution in [1.82, 2.24) is 9.38 Å². The average Bonchev–Trinajstić information content (AvgIpc) is 3.46. The third-order valence-corrected chi connectivity index (χ3v) is 6.28. The summed E-state index contributed by atoms with van der Waals surface area (Å²) in [5, 5.41) is 2.39. The van der Waals surface area contributed by atoms with Gasteiger partial charge in [0.05, 0.1) is 11.2 Å². The van der Waals surface area contributed by atoms with Crippen molar-refractivity contribution in [3.63, 3.8) is 0 Å². The van der Waals surface area contributed by atoms with E-state index in [-0.39, 0.29) is 0 Å². The van der Waals surface area contributed by atoms with Gasteiger partial charge in [0.2, 0.25) is 0 Å². The predicted molar refractivity (Wildman–Crippen MR) is 140 cm³/mol. The SMILES string of the molecule is c1ccc(Oc2ccc(-c3nc4oc5ccccc5n4c3-c3ccc4ccccc4c3)cc2)cc1. The average molecular weight is 453 g/mol. The van der Waals surface area contributed by atoms with Gasteiger partial charge < -0.3 is 9.15 Å². The van der Waals surface area contributed by atoms with Gasteiger partial charge in [-0.25, -0.2) is 0 Å². The highest BCUT2D eigenvalue weighted by Gasteiger charge is 2.21. The van der Waals surface area contributed by atoms with E-state index in [1.807, 2.05) is 72.8 Å². The van der Waals surface area contributed by atoms with Crippen LogP contribution in [-0.4, -0.2) is 9.38 Å². The number of nitrogens with zero attached hydrogens (tertiary/aromatic N) is 2. The van der Waals surface area contributed by atoms with Gasteiger partial charge in [-0.3, -0.25) is 4.40 Å². The lowest BCUT2D eigenvalue weighted by Gasteiger charge is -2.09. The molecule has 7 aromatic rings. The number of fused-ring (bicyclic) bond motifs is 4. The Morgan fingerprint density at radius 2 is 1.29 bits per heavy atom. The molecule has 0 radical (unpaired) electrons. The molecule has 5 aromatic carbocycles. The number of para-hydroxylation sites is 3. The Morgan fingerprint density at radius 1 is 0.600 bits per heavy atom. The summed E-state index contributed by atoms with van der Waals surface area (Å²) in [6.45, 7) is 0. The van der Waals surface area contributed by atoms with Crippen LogP contribution in [-0.2, 0) is 0 Å². The van der Waals surface area contributed by atoms with Crippen molar-refractivity contribution in [2.24, 2.45) is 0 Å². The van der Waals surface area contributed by atoms with Crippen LogP contribution >= 0.6 is 0 Å². The van der Waals surface area contributed by atoms with E-state index in [9.17, 15) is 0 Å². The summed E-state index contributed by atoms with van der Waals surface area (Å²) < 4.78 is 14.2. The van der Waals surface area contributed by atoms with Crippen LogP contribution in [0, 0.1) is 0 Å². The summed E-state index contributed by atoms with van der Waals surface area (Å²) in [5.41, 5.74) is 5.77. The van der Waals surface area contributed by atoms with E-state index in [1.54, 1.807) is 0 Å². The van der Waals surface area contributed by atoms with Gasteiger partial charge in [0.1, 0.15) is 17.2 Å². The number of benzene rings is 5. The zero-order valence-electron chi connectivity index (χ0n) is 18.8. The molecule has 2 aromatic heterocycles. The van der Waals surface area contributed by atoms with Crippen LogP contribution in [0.2, 0.25) is 0 Å². The lowest BCUT2D eigenvalue weighted by Crippen LogP contribution is -1.90. The number of aromatic nitrogens is 2. The summed E-state index contributed by atoms with van der Waals surface area (Å²) in [6.07, 6.45) is 0. The summed E-state index contributed by atoms with van der Waals surface area (Å²) in [4.78, 5) is 4.95. The second-order valence-electron chi connectivity index (χ2n) is 8.50. The fraction of sp³-hybridized carbons (Fsp3) is 0. The molecule has 0 aliphatic carbocycles. The molecule has 166 valence electrons.